The summed E-state index contributed by atoms with van der Waals surface area (Å²) in [4.78, 5) is 17.4. The minimum Gasteiger partial charge on any atom is -0.320 e. The van der Waals surface area contributed by atoms with Gasteiger partial charge in [-0.3, -0.25) is 9.20 Å². The lowest BCUT2D eigenvalue weighted by Crippen LogP contribution is -2.17. The number of aryl methyl sites for hydroxylation is 3. The summed E-state index contributed by atoms with van der Waals surface area (Å²) in [6.45, 7) is 6.13. The van der Waals surface area contributed by atoms with Crippen molar-refractivity contribution in [3.63, 3.8) is 0 Å². The number of rotatable bonds is 4. The number of amides is 1. The van der Waals surface area contributed by atoms with Crippen LogP contribution in [-0.2, 0) is 12.8 Å². The van der Waals surface area contributed by atoms with Gasteiger partial charge in [0, 0.05) is 11.9 Å². The summed E-state index contributed by atoms with van der Waals surface area (Å²) in [5.41, 5.74) is 5.38. The van der Waals surface area contributed by atoms with E-state index in [-0.39, 0.29) is 5.91 Å². The van der Waals surface area contributed by atoms with Gasteiger partial charge in [-0.2, -0.15) is 0 Å². The summed E-state index contributed by atoms with van der Waals surface area (Å²) >= 11 is 0. The van der Waals surface area contributed by atoms with Gasteiger partial charge < -0.3 is 5.32 Å². The van der Waals surface area contributed by atoms with E-state index in [1.54, 1.807) is 0 Å². The molecule has 0 aliphatic carbocycles. The van der Waals surface area contributed by atoms with Gasteiger partial charge in [0.05, 0.1) is 5.69 Å². The number of anilines is 1. The normalized spacial score (nSPS) is 10.9. The first-order valence-electron chi connectivity index (χ1n) is 8.00. The van der Waals surface area contributed by atoms with Crippen LogP contribution in [0.2, 0.25) is 0 Å². The van der Waals surface area contributed by atoms with Gasteiger partial charge in [0.15, 0.2) is 0 Å². The molecule has 23 heavy (non-hydrogen) atoms. The van der Waals surface area contributed by atoms with E-state index in [0.29, 0.717) is 5.69 Å². The zero-order valence-corrected chi connectivity index (χ0v) is 13.8. The van der Waals surface area contributed by atoms with Gasteiger partial charge in [0.1, 0.15) is 11.3 Å². The third kappa shape index (κ3) is 2.84. The fraction of sp³-hybridized carbons (Fsp3) is 0.263. The highest BCUT2D eigenvalue weighted by Gasteiger charge is 2.19. The van der Waals surface area contributed by atoms with Crippen LogP contribution in [0.25, 0.3) is 5.65 Å². The van der Waals surface area contributed by atoms with E-state index in [1.807, 2.05) is 60.8 Å². The Bertz CT molecular complexity index is 864. The maximum atomic E-state index is 12.9. The van der Waals surface area contributed by atoms with Crippen molar-refractivity contribution in [3.8, 4) is 0 Å². The van der Waals surface area contributed by atoms with Crippen molar-refractivity contribution in [1.29, 1.82) is 0 Å². The third-order valence-electron chi connectivity index (χ3n) is 4.05. The molecule has 4 nitrogen and oxygen atoms in total. The smallest absolute Gasteiger partial charge is 0.274 e. The zero-order chi connectivity index (χ0) is 16.4. The molecule has 0 unspecified atom stereocenters. The molecule has 0 spiro atoms. The number of carbonyl (C=O) groups excluding carboxylic acids is 1. The molecule has 0 aliphatic heterocycles. The standard InChI is InChI=1S/C19H21N3O/c1-4-14-8-6-7-9-16(14)21-19(23)18-15(5-2)20-17-12-13(3)10-11-22(17)18/h6-12H,4-5H2,1-3H3,(H,21,23). The summed E-state index contributed by atoms with van der Waals surface area (Å²) in [7, 11) is 0. The van der Waals surface area contributed by atoms with Crippen LogP contribution in [0, 0.1) is 6.92 Å². The highest BCUT2D eigenvalue weighted by Crippen LogP contribution is 2.20. The summed E-state index contributed by atoms with van der Waals surface area (Å²) in [5.74, 6) is -0.112. The van der Waals surface area contributed by atoms with Crippen molar-refractivity contribution < 1.29 is 4.79 Å². The molecule has 0 saturated heterocycles. The van der Waals surface area contributed by atoms with E-state index < -0.39 is 0 Å². The topological polar surface area (TPSA) is 46.4 Å². The number of pyridine rings is 1. The summed E-state index contributed by atoms with van der Waals surface area (Å²) < 4.78 is 1.87. The number of imidazole rings is 1. The fourth-order valence-corrected chi connectivity index (χ4v) is 2.81. The number of carbonyl (C=O) groups is 1. The van der Waals surface area contributed by atoms with Gasteiger partial charge in [0.25, 0.3) is 5.91 Å². The van der Waals surface area contributed by atoms with Crippen LogP contribution < -0.4 is 5.32 Å². The average Bonchev–Trinajstić information content (AvgIpc) is 2.92. The molecular weight excluding hydrogens is 286 g/mol. The molecule has 2 heterocycles. The van der Waals surface area contributed by atoms with Crippen molar-refractivity contribution in [2.45, 2.75) is 33.6 Å². The van der Waals surface area contributed by atoms with Crippen LogP contribution in [0.5, 0.6) is 0 Å². The van der Waals surface area contributed by atoms with Crippen LogP contribution in [0.15, 0.2) is 42.6 Å². The monoisotopic (exact) mass is 307 g/mol. The SMILES string of the molecule is CCc1ccccc1NC(=O)c1c(CC)nc2cc(C)ccn12. The molecular formula is C19H21N3O. The molecule has 0 radical (unpaired) electrons. The van der Waals surface area contributed by atoms with E-state index in [0.717, 1.165) is 41.0 Å². The second kappa shape index (κ2) is 6.24. The van der Waals surface area contributed by atoms with Crippen molar-refractivity contribution in [2.24, 2.45) is 0 Å². The van der Waals surface area contributed by atoms with Crippen molar-refractivity contribution in [1.82, 2.24) is 9.38 Å². The molecule has 1 aromatic carbocycles. The minimum atomic E-state index is -0.112. The molecule has 4 heteroatoms. The van der Waals surface area contributed by atoms with E-state index in [1.165, 1.54) is 0 Å². The second-order valence-corrected chi connectivity index (χ2v) is 5.66. The number of nitrogens with zero attached hydrogens (tertiary/aromatic N) is 2. The Morgan fingerprint density at radius 3 is 2.70 bits per heavy atom. The van der Waals surface area contributed by atoms with Crippen LogP contribution in [0.4, 0.5) is 5.69 Å². The number of aromatic nitrogens is 2. The first kappa shape index (κ1) is 15.3. The summed E-state index contributed by atoms with van der Waals surface area (Å²) in [6, 6.07) is 11.9. The second-order valence-electron chi connectivity index (χ2n) is 5.66. The molecule has 2 aromatic heterocycles. The van der Waals surface area contributed by atoms with Gasteiger partial charge in [-0.15, -0.1) is 0 Å². The fourth-order valence-electron chi connectivity index (χ4n) is 2.81. The predicted molar refractivity (Wildman–Crippen MR) is 93.1 cm³/mol. The lowest BCUT2D eigenvalue weighted by molar-refractivity contribution is 0.102. The highest BCUT2D eigenvalue weighted by molar-refractivity contribution is 6.04. The minimum absolute atomic E-state index is 0.112. The Morgan fingerprint density at radius 2 is 1.96 bits per heavy atom. The molecule has 0 atom stereocenters. The number of hydrogen-bond donors (Lipinski definition) is 1. The van der Waals surface area contributed by atoms with Crippen LogP contribution >= 0.6 is 0 Å². The number of hydrogen-bond acceptors (Lipinski definition) is 2. The Balaban J connectivity index is 2.03. The lowest BCUT2D eigenvalue weighted by Gasteiger charge is -2.10. The maximum Gasteiger partial charge on any atom is 0.274 e. The average molecular weight is 307 g/mol. The number of benzene rings is 1. The maximum absolute atomic E-state index is 12.9. The molecule has 118 valence electrons. The van der Waals surface area contributed by atoms with E-state index >= 15 is 0 Å². The molecule has 0 bridgehead atoms. The van der Waals surface area contributed by atoms with Gasteiger partial charge in [-0.1, -0.05) is 32.0 Å². The van der Waals surface area contributed by atoms with E-state index in [4.69, 9.17) is 0 Å². The first-order valence-corrected chi connectivity index (χ1v) is 8.00. The van der Waals surface area contributed by atoms with E-state index in [9.17, 15) is 4.79 Å². The molecule has 1 N–H and O–H groups in total. The van der Waals surface area contributed by atoms with Gasteiger partial charge >= 0.3 is 0 Å². The van der Waals surface area contributed by atoms with Gasteiger partial charge in [-0.05, 0) is 49.1 Å². The van der Waals surface area contributed by atoms with Crippen LogP contribution in [0.3, 0.4) is 0 Å². The molecule has 0 aliphatic rings. The number of fused-ring (bicyclic) bond motifs is 1. The Kier molecular flexibility index (Phi) is 4.15. The molecule has 1 amide bonds. The van der Waals surface area contributed by atoms with Crippen LogP contribution in [0.1, 0.15) is 41.2 Å². The predicted octanol–water partition coefficient (Wildman–Crippen LogP) is 4.02. The third-order valence-corrected chi connectivity index (χ3v) is 4.05. The molecule has 3 rings (SSSR count). The summed E-state index contributed by atoms with van der Waals surface area (Å²) in [5, 5.41) is 3.05. The summed E-state index contributed by atoms with van der Waals surface area (Å²) in [6.07, 6.45) is 3.51. The van der Waals surface area contributed by atoms with Crippen molar-refractivity contribution in [3.05, 3.63) is 65.1 Å². The van der Waals surface area contributed by atoms with Gasteiger partial charge in [-0.25, -0.2) is 4.98 Å². The first-order chi connectivity index (χ1) is 11.1. The lowest BCUT2D eigenvalue weighted by atomic mass is 10.1. The Labute approximate surface area is 136 Å². The zero-order valence-electron chi connectivity index (χ0n) is 13.8. The number of para-hydroxylation sites is 1. The Morgan fingerprint density at radius 1 is 1.17 bits per heavy atom. The number of nitrogens with one attached hydrogen (secondary N) is 1. The molecule has 0 saturated carbocycles. The molecule has 3 aromatic rings. The quantitative estimate of drug-likeness (QED) is 0.791. The van der Waals surface area contributed by atoms with Crippen molar-refractivity contribution in [2.75, 3.05) is 5.32 Å². The highest BCUT2D eigenvalue weighted by atomic mass is 16.2. The Hall–Kier alpha value is -2.62. The van der Waals surface area contributed by atoms with Gasteiger partial charge in [0.2, 0.25) is 0 Å². The van der Waals surface area contributed by atoms with E-state index in [2.05, 4.69) is 17.2 Å². The molecule has 0 fully saturated rings. The van der Waals surface area contributed by atoms with Crippen LogP contribution in [-0.4, -0.2) is 15.3 Å². The van der Waals surface area contributed by atoms with Crippen molar-refractivity contribution >= 4 is 17.2 Å². The largest absolute Gasteiger partial charge is 0.320 e.